The lowest BCUT2D eigenvalue weighted by Crippen LogP contribution is -2.24. The fraction of sp³-hybridized carbons (Fsp3) is 0.273. The van der Waals surface area contributed by atoms with E-state index in [1.807, 2.05) is 49.4 Å². The molecule has 0 bridgehead atoms. The van der Waals surface area contributed by atoms with Crippen LogP contribution in [-0.4, -0.2) is 34.3 Å². The minimum absolute atomic E-state index is 0.0225. The van der Waals surface area contributed by atoms with E-state index in [0.29, 0.717) is 33.9 Å². The van der Waals surface area contributed by atoms with Crippen LogP contribution in [0.5, 0.6) is 0 Å². The van der Waals surface area contributed by atoms with Gasteiger partial charge in [-0.25, -0.2) is 0 Å². The number of benzene rings is 2. The maximum Gasteiger partial charge on any atom is 0.236 e. The number of amides is 2. The van der Waals surface area contributed by atoms with E-state index in [1.54, 1.807) is 4.90 Å². The van der Waals surface area contributed by atoms with Gasteiger partial charge < -0.3 is 4.90 Å². The number of hydrogen-bond acceptors (Lipinski definition) is 6. The lowest BCUT2D eigenvalue weighted by molar-refractivity contribution is -0.117. The third-order valence-electron chi connectivity index (χ3n) is 5.04. The van der Waals surface area contributed by atoms with Gasteiger partial charge in [0.1, 0.15) is 5.01 Å². The van der Waals surface area contributed by atoms with Crippen LogP contribution in [0.2, 0.25) is 10.0 Å². The predicted molar refractivity (Wildman–Crippen MR) is 132 cm³/mol. The van der Waals surface area contributed by atoms with Crippen LogP contribution >= 0.6 is 46.3 Å². The van der Waals surface area contributed by atoms with Gasteiger partial charge in [0.2, 0.25) is 16.9 Å². The Balaban J connectivity index is 1.30. The number of nitrogens with zero attached hydrogens (tertiary/aromatic N) is 3. The van der Waals surface area contributed by atoms with Crippen LogP contribution in [0.1, 0.15) is 28.5 Å². The van der Waals surface area contributed by atoms with E-state index in [4.69, 9.17) is 23.2 Å². The van der Waals surface area contributed by atoms with E-state index < -0.39 is 0 Å². The molecule has 6 nitrogen and oxygen atoms in total. The normalized spacial score (nSPS) is 15.9. The van der Waals surface area contributed by atoms with E-state index >= 15 is 0 Å². The summed E-state index contributed by atoms with van der Waals surface area (Å²) in [5.74, 6) is 0.848. The summed E-state index contributed by atoms with van der Waals surface area (Å²) in [6, 6.07) is 13.2. The Labute approximate surface area is 204 Å². The third kappa shape index (κ3) is 5.61. The van der Waals surface area contributed by atoms with E-state index in [0.717, 1.165) is 27.6 Å². The summed E-state index contributed by atoms with van der Waals surface area (Å²) in [6.07, 6.45) is 0.352. The van der Waals surface area contributed by atoms with Crippen LogP contribution in [-0.2, 0) is 15.3 Å². The maximum absolute atomic E-state index is 12.6. The fourth-order valence-electron chi connectivity index (χ4n) is 3.32. The Kier molecular flexibility index (Phi) is 7.35. The molecule has 1 unspecified atom stereocenters. The van der Waals surface area contributed by atoms with Crippen molar-refractivity contribution in [2.45, 2.75) is 25.0 Å². The van der Waals surface area contributed by atoms with Crippen molar-refractivity contribution in [3.8, 4) is 0 Å². The molecule has 0 radical (unpaired) electrons. The van der Waals surface area contributed by atoms with Crippen molar-refractivity contribution < 1.29 is 9.59 Å². The molecule has 1 aliphatic heterocycles. The number of carbonyl (C=O) groups is 2. The standard InChI is InChI=1S/C22H20Cl2N4O2S2/c1-13-2-7-17(9-18(13)24)28-10-15(8-20(28)30)21-26-27-22(32-21)25-19(29)12-31-11-14-3-5-16(23)6-4-14/h2-7,9,15H,8,10-12H2,1H3,(H,25,27,29). The summed E-state index contributed by atoms with van der Waals surface area (Å²) in [4.78, 5) is 26.5. The van der Waals surface area contributed by atoms with Crippen LogP contribution < -0.4 is 10.2 Å². The molecule has 1 fully saturated rings. The number of anilines is 2. The first-order chi connectivity index (χ1) is 15.4. The summed E-state index contributed by atoms with van der Waals surface area (Å²) in [7, 11) is 0. The zero-order valence-electron chi connectivity index (χ0n) is 17.2. The first-order valence-corrected chi connectivity index (χ1v) is 12.6. The van der Waals surface area contributed by atoms with Crippen molar-refractivity contribution in [1.82, 2.24) is 10.2 Å². The van der Waals surface area contributed by atoms with Crippen LogP contribution in [0, 0.1) is 6.92 Å². The number of carbonyl (C=O) groups excluding carboxylic acids is 2. The molecular formula is C22H20Cl2N4O2S2. The summed E-state index contributed by atoms with van der Waals surface area (Å²) >= 11 is 14.9. The number of aromatic nitrogens is 2. The van der Waals surface area contributed by atoms with Gasteiger partial charge in [0.25, 0.3) is 0 Å². The Hall–Kier alpha value is -2.13. The molecule has 0 saturated carbocycles. The second-order valence-corrected chi connectivity index (χ2v) is 10.3. The van der Waals surface area contributed by atoms with Gasteiger partial charge in [-0.05, 0) is 42.3 Å². The van der Waals surface area contributed by atoms with Crippen molar-refractivity contribution in [1.29, 1.82) is 0 Å². The van der Waals surface area contributed by atoms with E-state index in [1.165, 1.54) is 23.1 Å². The molecule has 2 aromatic carbocycles. The Morgan fingerprint density at radius 3 is 2.75 bits per heavy atom. The molecule has 1 saturated heterocycles. The summed E-state index contributed by atoms with van der Waals surface area (Å²) in [6.45, 7) is 2.44. The molecule has 3 aromatic rings. The first kappa shape index (κ1) is 23.0. The molecule has 166 valence electrons. The molecule has 2 amide bonds. The van der Waals surface area contributed by atoms with Gasteiger partial charge in [0.05, 0.1) is 5.75 Å². The number of aryl methyl sites for hydroxylation is 1. The molecule has 1 aliphatic rings. The highest BCUT2D eigenvalue weighted by Crippen LogP contribution is 2.35. The Morgan fingerprint density at radius 2 is 2.00 bits per heavy atom. The first-order valence-electron chi connectivity index (χ1n) is 9.91. The Morgan fingerprint density at radius 1 is 1.22 bits per heavy atom. The predicted octanol–water partition coefficient (Wildman–Crippen LogP) is 5.55. The van der Waals surface area contributed by atoms with Crippen molar-refractivity contribution in [2.24, 2.45) is 0 Å². The highest BCUT2D eigenvalue weighted by molar-refractivity contribution is 7.99. The van der Waals surface area contributed by atoms with Gasteiger partial charge in [-0.2, -0.15) is 0 Å². The van der Waals surface area contributed by atoms with Gasteiger partial charge in [-0.3, -0.25) is 14.9 Å². The minimum Gasteiger partial charge on any atom is -0.312 e. The average molecular weight is 507 g/mol. The number of hydrogen-bond donors (Lipinski definition) is 1. The molecule has 32 heavy (non-hydrogen) atoms. The fourth-order valence-corrected chi connectivity index (χ4v) is 5.26. The topological polar surface area (TPSA) is 75.2 Å². The molecule has 1 atom stereocenters. The molecule has 4 rings (SSSR count). The van der Waals surface area contributed by atoms with Gasteiger partial charge in [0, 0.05) is 40.4 Å². The monoisotopic (exact) mass is 506 g/mol. The maximum atomic E-state index is 12.6. The van der Waals surface area contributed by atoms with E-state index in [9.17, 15) is 9.59 Å². The van der Waals surface area contributed by atoms with E-state index in [-0.39, 0.29) is 17.7 Å². The molecule has 2 heterocycles. The highest BCUT2D eigenvalue weighted by Gasteiger charge is 2.34. The van der Waals surface area contributed by atoms with Crippen molar-refractivity contribution in [3.63, 3.8) is 0 Å². The summed E-state index contributed by atoms with van der Waals surface area (Å²) < 4.78 is 0. The molecule has 10 heteroatoms. The Bertz CT molecular complexity index is 1140. The zero-order valence-corrected chi connectivity index (χ0v) is 20.3. The second kappa shape index (κ2) is 10.2. The van der Waals surface area contributed by atoms with Gasteiger partial charge in [-0.1, -0.05) is 52.7 Å². The molecule has 0 aliphatic carbocycles. The zero-order chi connectivity index (χ0) is 22.7. The average Bonchev–Trinajstić information content (AvgIpc) is 3.38. The van der Waals surface area contributed by atoms with Crippen LogP contribution in [0.3, 0.4) is 0 Å². The van der Waals surface area contributed by atoms with Gasteiger partial charge in [-0.15, -0.1) is 22.0 Å². The number of thioether (sulfide) groups is 1. The lowest BCUT2D eigenvalue weighted by Gasteiger charge is -2.17. The van der Waals surface area contributed by atoms with Crippen LogP contribution in [0.25, 0.3) is 0 Å². The smallest absolute Gasteiger partial charge is 0.236 e. The van der Waals surface area contributed by atoms with Crippen LogP contribution in [0.15, 0.2) is 42.5 Å². The second-order valence-electron chi connectivity index (χ2n) is 7.45. The summed E-state index contributed by atoms with van der Waals surface area (Å²) in [5, 5.41) is 13.6. The number of nitrogens with one attached hydrogen (secondary N) is 1. The number of halogens is 2. The van der Waals surface area contributed by atoms with E-state index in [2.05, 4.69) is 15.5 Å². The molecule has 0 spiro atoms. The largest absolute Gasteiger partial charge is 0.312 e. The van der Waals surface area contributed by atoms with Gasteiger partial charge >= 0.3 is 0 Å². The summed E-state index contributed by atoms with van der Waals surface area (Å²) in [5.41, 5.74) is 2.86. The van der Waals surface area contributed by atoms with Crippen molar-refractivity contribution >= 4 is 68.9 Å². The number of rotatable bonds is 7. The van der Waals surface area contributed by atoms with Crippen molar-refractivity contribution in [2.75, 3.05) is 22.5 Å². The third-order valence-corrected chi connectivity index (χ3v) is 7.71. The highest BCUT2D eigenvalue weighted by atomic mass is 35.5. The lowest BCUT2D eigenvalue weighted by atomic mass is 10.1. The molecular weight excluding hydrogens is 487 g/mol. The van der Waals surface area contributed by atoms with Crippen LogP contribution in [0.4, 0.5) is 10.8 Å². The molecule has 1 aromatic heterocycles. The van der Waals surface area contributed by atoms with Crippen molar-refractivity contribution in [3.05, 3.63) is 68.6 Å². The quantitative estimate of drug-likeness (QED) is 0.454. The molecule has 1 N–H and O–H groups in total. The minimum atomic E-state index is -0.134. The SMILES string of the molecule is Cc1ccc(N2CC(c3nnc(NC(=O)CSCc4ccc(Cl)cc4)s3)CC2=O)cc1Cl. The van der Waals surface area contributed by atoms with Gasteiger partial charge in [0.15, 0.2) is 0 Å².